The lowest BCUT2D eigenvalue weighted by molar-refractivity contribution is 0.0908. The van der Waals surface area contributed by atoms with Gasteiger partial charge in [0.05, 0.1) is 6.61 Å². The molecule has 1 rings (SSSR count). The smallest absolute Gasteiger partial charge is 0.267 e. The van der Waals surface area contributed by atoms with Crippen molar-refractivity contribution in [2.24, 2.45) is 0 Å². The van der Waals surface area contributed by atoms with Gasteiger partial charge in [-0.05, 0) is 12.5 Å². The first-order chi connectivity index (χ1) is 7.74. The zero-order valence-electron chi connectivity index (χ0n) is 9.58. The molecule has 0 aromatic carbocycles. The molecule has 0 aliphatic rings. The molecule has 0 fully saturated rings. The van der Waals surface area contributed by atoms with Crippen LogP contribution in [0.15, 0.2) is 12.3 Å². The van der Waals surface area contributed by atoms with Gasteiger partial charge in [0.15, 0.2) is 0 Å². The number of hydrogen-bond donors (Lipinski definition) is 3. The number of aromatic amines is 1. The number of H-pyrrole nitrogens is 1. The van der Waals surface area contributed by atoms with E-state index in [1.54, 1.807) is 12.3 Å². The Labute approximate surface area is 95.4 Å². The Kier molecular flexibility index (Phi) is 5.42. The third kappa shape index (κ3) is 4.35. The van der Waals surface area contributed by atoms with E-state index in [4.69, 9.17) is 10.5 Å². The number of unbranched alkanes of at least 4 members (excludes halogenated alkanes) is 1. The summed E-state index contributed by atoms with van der Waals surface area (Å²) in [5.41, 5.74) is 6.53. The van der Waals surface area contributed by atoms with Gasteiger partial charge < -0.3 is 20.8 Å². The van der Waals surface area contributed by atoms with Crippen molar-refractivity contribution in [1.82, 2.24) is 10.3 Å². The molecule has 5 nitrogen and oxygen atoms in total. The highest BCUT2D eigenvalue weighted by molar-refractivity contribution is 5.93. The van der Waals surface area contributed by atoms with Crippen LogP contribution in [0.5, 0.6) is 0 Å². The molecule has 4 N–H and O–H groups in total. The fraction of sp³-hybridized carbons (Fsp3) is 0.545. The Morgan fingerprint density at radius 3 is 3.00 bits per heavy atom. The van der Waals surface area contributed by atoms with Crippen molar-refractivity contribution in [2.45, 2.75) is 19.8 Å². The van der Waals surface area contributed by atoms with E-state index < -0.39 is 0 Å². The summed E-state index contributed by atoms with van der Waals surface area (Å²) in [6.45, 7) is 3.92. The zero-order valence-corrected chi connectivity index (χ0v) is 9.58. The maximum absolute atomic E-state index is 11.5. The zero-order chi connectivity index (χ0) is 11.8. The number of nitrogen functional groups attached to an aromatic ring is 1. The standard InChI is InChI=1S/C11H19N3O2/c1-2-3-5-16-6-4-13-11(15)10-7-9(12)8-14-10/h7-8,14H,2-6,12H2,1H3,(H,13,15). The minimum absolute atomic E-state index is 0.157. The number of nitrogens with two attached hydrogens (primary N) is 1. The maximum atomic E-state index is 11.5. The van der Waals surface area contributed by atoms with Crippen molar-refractivity contribution >= 4 is 11.6 Å². The number of hydrogen-bond acceptors (Lipinski definition) is 3. The number of carbonyl (C=O) groups excluding carboxylic acids is 1. The van der Waals surface area contributed by atoms with Crippen molar-refractivity contribution in [3.8, 4) is 0 Å². The van der Waals surface area contributed by atoms with E-state index in [-0.39, 0.29) is 5.91 Å². The lowest BCUT2D eigenvalue weighted by Crippen LogP contribution is -2.27. The van der Waals surface area contributed by atoms with Crippen LogP contribution >= 0.6 is 0 Å². The number of aromatic nitrogens is 1. The molecule has 16 heavy (non-hydrogen) atoms. The molecule has 0 unspecified atom stereocenters. The molecule has 0 saturated heterocycles. The van der Waals surface area contributed by atoms with Crippen LogP contribution in [0.25, 0.3) is 0 Å². The second-order valence-electron chi connectivity index (χ2n) is 3.57. The van der Waals surface area contributed by atoms with Crippen molar-refractivity contribution in [1.29, 1.82) is 0 Å². The van der Waals surface area contributed by atoms with Gasteiger partial charge in [0.25, 0.3) is 5.91 Å². The van der Waals surface area contributed by atoms with Crippen molar-refractivity contribution in [3.05, 3.63) is 18.0 Å². The molecular weight excluding hydrogens is 206 g/mol. The third-order valence-corrected chi connectivity index (χ3v) is 2.12. The van der Waals surface area contributed by atoms with E-state index in [2.05, 4.69) is 17.2 Å². The summed E-state index contributed by atoms with van der Waals surface area (Å²) in [6.07, 6.45) is 3.77. The molecule has 0 saturated carbocycles. The van der Waals surface area contributed by atoms with Gasteiger partial charge >= 0.3 is 0 Å². The summed E-state index contributed by atoms with van der Waals surface area (Å²) in [5, 5.41) is 2.74. The first kappa shape index (κ1) is 12.6. The fourth-order valence-corrected chi connectivity index (χ4v) is 1.22. The largest absolute Gasteiger partial charge is 0.397 e. The van der Waals surface area contributed by atoms with E-state index in [0.29, 0.717) is 24.5 Å². The van der Waals surface area contributed by atoms with Crippen molar-refractivity contribution in [2.75, 3.05) is 25.5 Å². The molecule has 1 aromatic heterocycles. The first-order valence-electron chi connectivity index (χ1n) is 5.54. The minimum atomic E-state index is -0.157. The van der Waals surface area contributed by atoms with Gasteiger partial charge in [-0.1, -0.05) is 13.3 Å². The molecule has 1 heterocycles. The van der Waals surface area contributed by atoms with E-state index >= 15 is 0 Å². The van der Waals surface area contributed by atoms with E-state index in [1.807, 2.05) is 0 Å². The minimum Gasteiger partial charge on any atom is -0.397 e. The number of amides is 1. The molecule has 5 heteroatoms. The molecule has 1 aromatic rings. The van der Waals surface area contributed by atoms with Gasteiger partial charge in [-0.15, -0.1) is 0 Å². The molecule has 0 aliphatic heterocycles. The summed E-state index contributed by atoms with van der Waals surface area (Å²) in [5.74, 6) is -0.157. The number of anilines is 1. The Hall–Kier alpha value is -1.49. The van der Waals surface area contributed by atoms with E-state index in [9.17, 15) is 4.79 Å². The molecule has 0 bridgehead atoms. The summed E-state index contributed by atoms with van der Waals surface area (Å²) in [6, 6.07) is 1.60. The van der Waals surface area contributed by atoms with Gasteiger partial charge in [-0.2, -0.15) is 0 Å². The molecule has 0 radical (unpaired) electrons. The van der Waals surface area contributed by atoms with Crippen LogP contribution in [0, 0.1) is 0 Å². The van der Waals surface area contributed by atoms with Crippen LogP contribution in [-0.4, -0.2) is 30.6 Å². The summed E-state index contributed by atoms with van der Waals surface area (Å²) in [7, 11) is 0. The Morgan fingerprint density at radius 2 is 2.38 bits per heavy atom. The first-order valence-corrected chi connectivity index (χ1v) is 5.54. The van der Waals surface area contributed by atoms with Crippen molar-refractivity contribution < 1.29 is 9.53 Å². The number of carbonyl (C=O) groups is 1. The van der Waals surface area contributed by atoms with Gasteiger partial charge in [0.1, 0.15) is 5.69 Å². The lowest BCUT2D eigenvalue weighted by Gasteiger charge is -2.04. The normalized spacial score (nSPS) is 10.3. The quantitative estimate of drug-likeness (QED) is 0.609. The average Bonchev–Trinajstić information content (AvgIpc) is 2.70. The average molecular weight is 225 g/mol. The lowest BCUT2D eigenvalue weighted by atomic mass is 10.4. The second kappa shape index (κ2) is 6.90. The third-order valence-electron chi connectivity index (χ3n) is 2.12. The topological polar surface area (TPSA) is 80.1 Å². The SMILES string of the molecule is CCCCOCCNC(=O)c1cc(N)c[nH]1. The fourth-order valence-electron chi connectivity index (χ4n) is 1.22. The van der Waals surface area contributed by atoms with E-state index in [0.717, 1.165) is 19.4 Å². The van der Waals surface area contributed by atoms with Crippen LogP contribution in [0.2, 0.25) is 0 Å². The van der Waals surface area contributed by atoms with Gasteiger partial charge in [0.2, 0.25) is 0 Å². The predicted molar refractivity (Wildman–Crippen MR) is 63.3 cm³/mol. The second-order valence-corrected chi connectivity index (χ2v) is 3.57. The van der Waals surface area contributed by atoms with Crippen LogP contribution in [0.4, 0.5) is 5.69 Å². The Balaban J connectivity index is 2.11. The van der Waals surface area contributed by atoms with Crippen LogP contribution in [0.1, 0.15) is 30.3 Å². The van der Waals surface area contributed by atoms with Gasteiger partial charge in [0, 0.05) is 25.0 Å². The highest BCUT2D eigenvalue weighted by atomic mass is 16.5. The predicted octanol–water partition coefficient (Wildman–Crippen LogP) is 1.14. The molecule has 0 aliphatic carbocycles. The molecular formula is C11H19N3O2. The highest BCUT2D eigenvalue weighted by Gasteiger charge is 2.05. The van der Waals surface area contributed by atoms with E-state index in [1.165, 1.54) is 0 Å². The molecule has 0 spiro atoms. The van der Waals surface area contributed by atoms with Gasteiger partial charge in [-0.3, -0.25) is 4.79 Å². The number of nitrogens with one attached hydrogen (secondary N) is 2. The molecule has 0 atom stereocenters. The number of rotatable bonds is 7. The summed E-state index contributed by atoms with van der Waals surface area (Å²) < 4.78 is 5.32. The Morgan fingerprint density at radius 1 is 1.56 bits per heavy atom. The summed E-state index contributed by atoms with van der Waals surface area (Å²) in [4.78, 5) is 14.3. The number of ether oxygens (including phenoxy) is 1. The van der Waals surface area contributed by atoms with Crippen molar-refractivity contribution in [3.63, 3.8) is 0 Å². The van der Waals surface area contributed by atoms with Gasteiger partial charge in [-0.25, -0.2) is 0 Å². The highest BCUT2D eigenvalue weighted by Crippen LogP contribution is 2.03. The molecule has 1 amide bonds. The monoisotopic (exact) mass is 225 g/mol. The van der Waals surface area contributed by atoms with Crippen LogP contribution in [0.3, 0.4) is 0 Å². The molecule has 90 valence electrons. The van der Waals surface area contributed by atoms with Crippen LogP contribution in [-0.2, 0) is 4.74 Å². The van der Waals surface area contributed by atoms with Crippen LogP contribution < -0.4 is 11.1 Å². The maximum Gasteiger partial charge on any atom is 0.267 e. The summed E-state index contributed by atoms with van der Waals surface area (Å²) >= 11 is 0. The Bertz CT molecular complexity index is 323.